The zero-order valence-corrected chi connectivity index (χ0v) is 9.65. The van der Waals surface area contributed by atoms with E-state index in [9.17, 15) is 5.11 Å². The van der Waals surface area contributed by atoms with Crippen LogP contribution in [-0.4, -0.2) is 18.8 Å². The molecule has 16 heavy (non-hydrogen) atoms. The van der Waals surface area contributed by atoms with Crippen LogP contribution in [0.3, 0.4) is 0 Å². The summed E-state index contributed by atoms with van der Waals surface area (Å²) in [6.07, 6.45) is 2.86. The smallest absolute Gasteiger partial charge is 0.127 e. The van der Waals surface area contributed by atoms with E-state index in [1.807, 2.05) is 0 Å². The number of aromatic hydroxyl groups is 1. The van der Waals surface area contributed by atoms with E-state index < -0.39 is 0 Å². The summed E-state index contributed by atoms with van der Waals surface area (Å²) in [6, 6.07) is 4.95. The summed E-state index contributed by atoms with van der Waals surface area (Å²) in [6.45, 7) is 0.694. The van der Waals surface area contributed by atoms with Gasteiger partial charge in [0.15, 0.2) is 0 Å². The number of rotatable bonds is 6. The molecule has 0 aromatic heterocycles. The van der Waals surface area contributed by atoms with E-state index in [4.69, 9.17) is 16.2 Å². The minimum absolute atomic E-state index is 0.0675. The zero-order valence-electron chi connectivity index (χ0n) is 9.65. The predicted molar refractivity (Wildman–Crippen MR) is 64.5 cm³/mol. The van der Waals surface area contributed by atoms with Crippen LogP contribution >= 0.6 is 0 Å². The summed E-state index contributed by atoms with van der Waals surface area (Å²) >= 11 is 0. The summed E-state index contributed by atoms with van der Waals surface area (Å²) < 4.78 is 5.19. The number of hydrogen-bond donors (Lipinski definition) is 3. The second kappa shape index (κ2) is 6.35. The molecule has 1 rings (SSSR count). The molecule has 0 aliphatic heterocycles. The number of nitrogens with two attached hydrogens (primary N) is 2. The van der Waals surface area contributed by atoms with Gasteiger partial charge in [0.1, 0.15) is 11.5 Å². The van der Waals surface area contributed by atoms with Crippen molar-refractivity contribution in [1.29, 1.82) is 0 Å². The predicted octanol–water partition coefficient (Wildman–Crippen LogP) is 1.53. The van der Waals surface area contributed by atoms with Crippen molar-refractivity contribution in [3.05, 3.63) is 23.8 Å². The average Bonchev–Trinajstić information content (AvgIpc) is 2.29. The molecule has 0 saturated heterocycles. The van der Waals surface area contributed by atoms with Crippen LogP contribution in [0.1, 0.15) is 30.9 Å². The normalized spacial score (nSPS) is 12.4. The monoisotopic (exact) mass is 224 g/mol. The van der Waals surface area contributed by atoms with Crippen LogP contribution < -0.4 is 16.2 Å². The van der Waals surface area contributed by atoms with Crippen LogP contribution in [0.15, 0.2) is 18.2 Å². The number of hydrogen-bond acceptors (Lipinski definition) is 4. The van der Waals surface area contributed by atoms with Gasteiger partial charge >= 0.3 is 0 Å². The maximum absolute atomic E-state index is 9.33. The second-order valence-corrected chi connectivity index (χ2v) is 3.82. The van der Waals surface area contributed by atoms with Crippen LogP contribution in [-0.2, 0) is 0 Å². The van der Waals surface area contributed by atoms with Gasteiger partial charge < -0.3 is 21.3 Å². The molecule has 0 unspecified atom stereocenters. The molecular formula is C12H20N2O2. The molecule has 0 amide bonds. The molecule has 0 saturated carbocycles. The summed E-state index contributed by atoms with van der Waals surface area (Å²) in [5.74, 6) is 0.829. The number of unbranched alkanes of at least 4 members (excludes halogenated alkanes) is 1. The fourth-order valence-corrected chi connectivity index (χ4v) is 1.67. The summed E-state index contributed by atoms with van der Waals surface area (Å²) in [5, 5.41) is 9.33. The van der Waals surface area contributed by atoms with Crippen molar-refractivity contribution in [3.8, 4) is 11.5 Å². The number of benzene rings is 1. The first-order valence-corrected chi connectivity index (χ1v) is 5.51. The van der Waals surface area contributed by atoms with E-state index in [1.54, 1.807) is 25.3 Å². The number of phenolic OH excluding ortho intramolecular Hbond substituents is 1. The highest BCUT2D eigenvalue weighted by atomic mass is 16.5. The van der Waals surface area contributed by atoms with Crippen LogP contribution in [0.4, 0.5) is 0 Å². The van der Waals surface area contributed by atoms with E-state index in [2.05, 4.69) is 0 Å². The third kappa shape index (κ3) is 3.40. The van der Waals surface area contributed by atoms with Crippen LogP contribution in [0.5, 0.6) is 11.5 Å². The highest BCUT2D eigenvalue weighted by Gasteiger charge is 2.11. The van der Waals surface area contributed by atoms with Crippen molar-refractivity contribution in [3.63, 3.8) is 0 Å². The molecule has 90 valence electrons. The number of phenols is 1. The molecule has 0 bridgehead atoms. The van der Waals surface area contributed by atoms with Gasteiger partial charge in [-0.15, -0.1) is 0 Å². The molecule has 1 aromatic rings. The zero-order chi connectivity index (χ0) is 12.0. The molecule has 0 fully saturated rings. The maximum atomic E-state index is 9.33. The van der Waals surface area contributed by atoms with Gasteiger partial charge in [-0.05, 0) is 25.5 Å². The molecule has 0 spiro atoms. The maximum Gasteiger partial charge on any atom is 0.127 e. The SMILES string of the molecule is COc1cc(O)ccc1[C@H](N)CCCCN. The summed E-state index contributed by atoms with van der Waals surface area (Å²) in [4.78, 5) is 0. The Morgan fingerprint density at radius 2 is 2.12 bits per heavy atom. The Morgan fingerprint density at radius 3 is 2.75 bits per heavy atom. The van der Waals surface area contributed by atoms with Crippen molar-refractivity contribution in [1.82, 2.24) is 0 Å². The topological polar surface area (TPSA) is 81.5 Å². The quantitative estimate of drug-likeness (QED) is 0.640. The Morgan fingerprint density at radius 1 is 1.38 bits per heavy atom. The van der Waals surface area contributed by atoms with Gasteiger partial charge in [0, 0.05) is 17.7 Å². The minimum atomic E-state index is -0.0675. The Balaban J connectivity index is 2.70. The van der Waals surface area contributed by atoms with Gasteiger partial charge in [-0.3, -0.25) is 0 Å². The van der Waals surface area contributed by atoms with E-state index >= 15 is 0 Å². The second-order valence-electron chi connectivity index (χ2n) is 3.82. The minimum Gasteiger partial charge on any atom is -0.508 e. The Kier molecular flexibility index (Phi) is 5.08. The van der Waals surface area contributed by atoms with Crippen molar-refractivity contribution < 1.29 is 9.84 Å². The Hall–Kier alpha value is -1.26. The molecule has 0 aliphatic rings. The van der Waals surface area contributed by atoms with E-state index in [0.717, 1.165) is 24.8 Å². The molecule has 1 aromatic carbocycles. The Bertz CT molecular complexity index is 329. The molecule has 1 atom stereocenters. The number of ether oxygens (including phenoxy) is 1. The van der Waals surface area contributed by atoms with Gasteiger partial charge in [0.2, 0.25) is 0 Å². The molecule has 4 nitrogen and oxygen atoms in total. The largest absolute Gasteiger partial charge is 0.508 e. The van der Waals surface area contributed by atoms with Gasteiger partial charge in [0.05, 0.1) is 7.11 Å². The van der Waals surface area contributed by atoms with Gasteiger partial charge in [0.25, 0.3) is 0 Å². The van der Waals surface area contributed by atoms with Gasteiger partial charge in [-0.25, -0.2) is 0 Å². The molecule has 5 N–H and O–H groups in total. The van der Waals surface area contributed by atoms with Crippen molar-refractivity contribution in [2.24, 2.45) is 11.5 Å². The molecular weight excluding hydrogens is 204 g/mol. The first kappa shape index (κ1) is 12.8. The number of methoxy groups -OCH3 is 1. The lowest BCUT2D eigenvalue weighted by Crippen LogP contribution is -2.12. The molecule has 0 heterocycles. The fraction of sp³-hybridized carbons (Fsp3) is 0.500. The lowest BCUT2D eigenvalue weighted by molar-refractivity contribution is 0.397. The first-order chi connectivity index (χ1) is 7.69. The van der Waals surface area contributed by atoms with Crippen molar-refractivity contribution in [2.75, 3.05) is 13.7 Å². The molecule has 4 heteroatoms. The molecule has 0 radical (unpaired) electrons. The summed E-state index contributed by atoms with van der Waals surface area (Å²) in [5.41, 5.74) is 12.4. The van der Waals surface area contributed by atoms with Gasteiger partial charge in [-0.2, -0.15) is 0 Å². The van der Waals surface area contributed by atoms with E-state index in [0.29, 0.717) is 12.3 Å². The van der Waals surface area contributed by atoms with Crippen LogP contribution in [0.2, 0.25) is 0 Å². The first-order valence-electron chi connectivity index (χ1n) is 5.51. The fourth-order valence-electron chi connectivity index (χ4n) is 1.67. The lowest BCUT2D eigenvalue weighted by Gasteiger charge is -2.15. The molecule has 0 aliphatic carbocycles. The van der Waals surface area contributed by atoms with Crippen LogP contribution in [0.25, 0.3) is 0 Å². The van der Waals surface area contributed by atoms with E-state index in [1.165, 1.54) is 0 Å². The van der Waals surface area contributed by atoms with Crippen molar-refractivity contribution >= 4 is 0 Å². The third-order valence-corrected chi connectivity index (χ3v) is 2.59. The standard InChI is InChI=1S/C12H20N2O2/c1-16-12-8-9(15)5-6-10(12)11(14)4-2-3-7-13/h5-6,8,11,15H,2-4,7,13-14H2,1H3/t11-/m1/s1. The summed E-state index contributed by atoms with van der Waals surface area (Å²) in [7, 11) is 1.57. The van der Waals surface area contributed by atoms with E-state index in [-0.39, 0.29) is 11.8 Å². The third-order valence-electron chi connectivity index (χ3n) is 2.59. The van der Waals surface area contributed by atoms with Crippen LogP contribution in [0, 0.1) is 0 Å². The highest BCUT2D eigenvalue weighted by Crippen LogP contribution is 2.29. The average molecular weight is 224 g/mol. The van der Waals surface area contributed by atoms with Crippen molar-refractivity contribution in [2.45, 2.75) is 25.3 Å². The highest BCUT2D eigenvalue weighted by molar-refractivity contribution is 5.41. The Labute approximate surface area is 96.2 Å². The van der Waals surface area contributed by atoms with Gasteiger partial charge in [-0.1, -0.05) is 12.5 Å². The lowest BCUT2D eigenvalue weighted by atomic mass is 10.0.